The van der Waals surface area contributed by atoms with E-state index in [-0.39, 0.29) is 6.04 Å². The molecule has 0 aliphatic heterocycles. The minimum atomic E-state index is -0.164. The molecule has 0 aliphatic rings. The van der Waals surface area contributed by atoms with Gasteiger partial charge in [0.15, 0.2) is 0 Å². The first kappa shape index (κ1) is 13.1. The highest BCUT2D eigenvalue weighted by Gasteiger charge is 2.19. The molecule has 1 unspecified atom stereocenters. The molecule has 0 saturated heterocycles. The molecule has 3 N–H and O–H groups in total. The Kier molecular flexibility index (Phi) is 3.64. The molecule has 2 heterocycles. The number of hydrogen-bond acceptors (Lipinski definition) is 4. The maximum absolute atomic E-state index is 5.98. The summed E-state index contributed by atoms with van der Waals surface area (Å²) in [7, 11) is 0. The van der Waals surface area contributed by atoms with Crippen molar-refractivity contribution in [2.45, 2.75) is 6.04 Å². The van der Waals surface area contributed by atoms with Crippen molar-refractivity contribution in [1.29, 1.82) is 0 Å². The standard InChI is InChI=1S/C13H10BrClN2OS/c14-12-4-3-11(19-12)13(17-16)10-6-7-5-8(15)1-2-9(7)18-10/h1-6,13,17H,16H2. The van der Waals surface area contributed by atoms with Crippen molar-refractivity contribution in [2.75, 3.05) is 0 Å². The lowest BCUT2D eigenvalue weighted by molar-refractivity contribution is 0.481. The number of nitrogens with one attached hydrogen (secondary N) is 1. The van der Waals surface area contributed by atoms with E-state index >= 15 is 0 Å². The molecular formula is C13H10BrClN2OS. The van der Waals surface area contributed by atoms with Crippen LogP contribution >= 0.6 is 38.9 Å². The largest absolute Gasteiger partial charge is 0.459 e. The summed E-state index contributed by atoms with van der Waals surface area (Å²) in [5, 5.41) is 1.66. The maximum Gasteiger partial charge on any atom is 0.134 e. The minimum absolute atomic E-state index is 0.164. The van der Waals surface area contributed by atoms with Gasteiger partial charge in [-0.2, -0.15) is 0 Å². The van der Waals surface area contributed by atoms with E-state index in [9.17, 15) is 0 Å². The van der Waals surface area contributed by atoms with Crippen molar-refractivity contribution in [2.24, 2.45) is 5.84 Å². The second kappa shape index (κ2) is 5.26. The third-order valence-electron chi connectivity index (χ3n) is 2.83. The first-order valence-corrected chi connectivity index (χ1v) is 7.56. The van der Waals surface area contributed by atoms with Crippen LogP contribution in [0.5, 0.6) is 0 Å². The zero-order valence-electron chi connectivity index (χ0n) is 9.69. The average molecular weight is 358 g/mol. The van der Waals surface area contributed by atoms with Crippen LogP contribution in [0.1, 0.15) is 16.7 Å². The Morgan fingerprint density at radius 1 is 1.26 bits per heavy atom. The Labute approximate surface area is 127 Å². The van der Waals surface area contributed by atoms with Gasteiger partial charge in [0.2, 0.25) is 0 Å². The minimum Gasteiger partial charge on any atom is -0.459 e. The molecule has 0 spiro atoms. The molecule has 0 aliphatic carbocycles. The van der Waals surface area contributed by atoms with Crippen molar-refractivity contribution < 1.29 is 4.42 Å². The molecule has 1 atom stereocenters. The van der Waals surface area contributed by atoms with Gasteiger partial charge in [0, 0.05) is 15.3 Å². The van der Waals surface area contributed by atoms with Crippen molar-refractivity contribution in [3.05, 3.63) is 55.8 Å². The number of benzene rings is 1. The molecule has 2 aromatic heterocycles. The lowest BCUT2D eigenvalue weighted by Crippen LogP contribution is -2.27. The van der Waals surface area contributed by atoms with Crippen molar-refractivity contribution in [3.8, 4) is 0 Å². The molecule has 6 heteroatoms. The van der Waals surface area contributed by atoms with E-state index in [1.165, 1.54) is 0 Å². The summed E-state index contributed by atoms with van der Waals surface area (Å²) in [5.41, 5.74) is 3.59. The fraction of sp³-hybridized carbons (Fsp3) is 0.0769. The molecule has 0 saturated carbocycles. The molecule has 1 aromatic carbocycles. The first-order chi connectivity index (χ1) is 9.17. The van der Waals surface area contributed by atoms with Gasteiger partial charge in [-0.1, -0.05) is 11.6 Å². The van der Waals surface area contributed by atoms with Crippen LogP contribution < -0.4 is 11.3 Å². The monoisotopic (exact) mass is 356 g/mol. The van der Waals surface area contributed by atoms with E-state index in [4.69, 9.17) is 21.9 Å². The van der Waals surface area contributed by atoms with E-state index in [2.05, 4.69) is 21.4 Å². The Morgan fingerprint density at radius 3 is 2.79 bits per heavy atom. The van der Waals surface area contributed by atoms with Gasteiger partial charge in [0.05, 0.1) is 3.79 Å². The van der Waals surface area contributed by atoms with Gasteiger partial charge in [0.25, 0.3) is 0 Å². The fourth-order valence-electron chi connectivity index (χ4n) is 1.96. The number of hydrogen-bond donors (Lipinski definition) is 2. The summed E-state index contributed by atoms with van der Waals surface area (Å²) in [6.07, 6.45) is 0. The van der Waals surface area contributed by atoms with Gasteiger partial charge in [-0.05, 0) is 52.3 Å². The molecule has 19 heavy (non-hydrogen) atoms. The molecule has 0 bridgehead atoms. The Balaban J connectivity index is 2.06. The summed E-state index contributed by atoms with van der Waals surface area (Å²) < 4.78 is 6.89. The van der Waals surface area contributed by atoms with Crippen LogP contribution in [0.4, 0.5) is 0 Å². The lowest BCUT2D eigenvalue weighted by atomic mass is 10.2. The fourth-order valence-corrected chi connectivity index (χ4v) is 3.64. The quantitative estimate of drug-likeness (QED) is 0.537. The number of hydrazine groups is 1. The highest BCUT2D eigenvalue weighted by Crippen LogP contribution is 2.34. The van der Waals surface area contributed by atoms with Crippen molar-refractivity contribution in [1.82, 2.24) is 5.43 Å². The average Bonchev–Trinajstić information content (AvgIpc) is 2.96. The Morgan fingerprint density at radius 2 is 2.11 bits per heavy atom. The number of fused-ring (bicyclic) bond motifs is 1. The van der Waals surface area contributed by atoms with Crippen LogP contribution in [0, 0.1) is 0 Å². The van der Waals surface area contributed by atoms with Crippen LogP contribution in [0.15, 0.2) is 44.6 Å². The molecule has 3 rings (SSSR count). The highest BCUT2D eigenvalue weighted by atomic mass is 79.9. The number of furan rings is 1. The SMILES string of the molecule is NNC(c1cc2cc(Cl)ccc2o1)c1ccc(Br)s1. The Bertz CT molecular complexity index is 724. The van der Waals surface area contributed by atoms with E-state index in [0.717, 1.165) is 25.4 Å². The molecule has 3 nitrogen and oxygen atoms in total. The molecule has 0 radical (unpaired) electrons. The van der Waals surface area contributed by atoms with E-state index in [1.54, 1.807) is 11.3 Å². The lowest BCUT2D eigenvalue weighted by Gasteiger charge is -2.10. The van der Waals surface area contributed by atoms with Gasteiger partial charge < -0.3 is 4.42 Å². The summed E-state index contributed by atoms with van der Waals surface area (Å²) in [4.78, 5) is 1.08. The normalized spacial score (nSPS) is 13.0. The number of halogens is 2. The second-order valence-corrected chi connectivity index (χ2v) is 7.00. The Hall–Kier alpha value is -0.850. The van der Waals surface area contributed by atoms with Crippen LogP contribution in [0.3, 0.4) is 0 Å². The van der Waals surface area contributed by atoms with Crippen LogP contribution in [-0.2, 0) is 0 Å². The number of rotatable bonds is 3. The van der Waals surface area contributed by atoms with Crippen LogP contribution in [0.25, 0.3) is 11.0 Å². The molecular weight excluding hydrogens is 348 g/mol. The summed E-state index contributed by atoms with van der Waals surface area (Å²) in [6.45, 7) is 0. The van der Waals surface area contributed by atoms with Gasteiger partial charge in [-0.25, -0.2) is 5.43 Å². The number of thiophene rings is 1. The van der Waals surface area contributed by atoms with Crippen LogP contribution in [0.2, 0.25) is 5.02 Å². The molecule has 0 amide bonds. The zero-order valence-corrected chi connectivity index (χ0v) is 12.8. The van der Waals surface area contributed by atoms with Gasteiger partial charge in [-0.3, -0.25) is 5.84 Å². The molecule has 0 fully saturated rings. The summed E-state index contributed by atoms with van der Waals surface area (Å²) >= 11 is 11.0. The van der Waals surface area contributed by atoms with Crippen LogP contribution in [-0.4, -0.2) is 0 Å². The predicted octanol–water partition coefficient (Wildman–Crippen LogP) is 4.46. The van der Waals surface area contributed by atoms with E-state index in [1.807, 2.05) is 36.4 Å². The van der Waals surface area contributed by atoms with Crippen molar-refractivity contribution >= 4 is 49.8 Å². The predicted molar refractivity (Wildman–Crippen MR) is 82.4 cm³/mol. The van der Waals surface area contributed by atoms with E-state index in [0.29, 0.717) is 5.02 Å². The number of nitrogens with two attached hydrogens (primary N) is 1. The summed E-state index contributed by atoms with van der Waals surface area (Å²) in [6, 6.07) is 11.3. The third-order valence-corrected chi connectivity index (χ3v) is 4.75. The smallest absolute Gasteiger partial charge is 0.134 e. The maximum atomic E-state index is 5.98. The van der Waals surface area contributed by atoms with Crippen molar-refractivity contribution in [3.63, 3.8) is 0 Å². The summed E-state index contributed by atoms with van der Waals surface area (Å²) in [5.74, 6) is 6.43. The van der Waals surface area contributed by atoms with E-state index < -0.39 is 0 Å². The third kappa shape index (κ3) is 2.57. The molecule has 98 valence electrons. The highest BCUT2D eigenvalue weighted by molar-refractivity contribution is 9.11. The second-order valence-electron chi connectivity index (χ2n) is 4.07. The molecule has 3 aromatic rings. The van der Waals surface area contributed by atoms with Gasteiger partial charge in [0.1, 0.15) is 17.4 Å². The van der Waals surface area contributed by atoms with Gasteiger partial charge in [-0.15, -0.1) is 11.3 Å². The topological polar surface area (TPSA) is 51.2 Å². The zero-order chi connectivity index (χ0) is 13.4. The van der Waals surface area contributed by atoms with Gasteiger partial charge >= 0.3 is 0 Å². The first-order valence-electron chi connectivity index (χ1n) is 5.58.